The molecular weight excluding hydrogens is 340 g/mol. The summed E-state index contributed by atoms with van der Waals surface area (Å²) in [6.45, 7) is 6.61. The predicted octanol–water partition coefficient (Wildman–Crippen LogP) is 2.59. The van der Waals surface area contributed by atoms with E-state index in [-0.39, 0.29) is 0 Å². The second-order valence-corrected chi connectivity index (χ2v) is 6.50. The zero-order chi connectivity index (χ0) is 14.6. The van der Waals surface area contributed by atoms with E-state index in [4.69, 9.17) is 9.47 Å². The molecule has 0 atom stereocenters. The van der Waals surface area contributed by atoms with Crippen molar-refractivity contribution in [1.82, 2.24) is 10.2 Å². The van der Waals surface area contributed by atoms with Gasteiger partial charge in [0.25, 0.3) is 0 Å². The van der Waals surface area contributed by atoms with E-state index in [0.29, 0.717) is 0 Å². The first-order valence-corrected chi connectivity index (χ1v) is 8.57. The third-order valence-corrected chi connectivity index (χ3v) is 4.66. The van der Waals surface area contributed by atoms with Gasteiger partial charge in [0, 0.05) is 68.3 Å². The minimum absolute atomic E-state index is 0.783. The Kier molecular flexibility index (Phi) is 10.5. The Hall–Kier alpha value is 0.0200. The third kappa shape index (κ3) is 8.34. The van der Waals surface area contributed by atoms with E-state index in [1.165, 1.54) is 9.35 Å². The van der Waals surface area contributed by atoms with E-state index in [2.05, 4.69) is 37.6 Å². The molecule has 0 aliphatic carbocycles. The van der Waals surface area contributed by atoms with Gasteiger partial charge in [-0.1, -0.05) is 0 Å². The first-order valence-electron chi connectivity index (χ1n) is 6.90. The topological polar surface area (TPSA) is 33.7 Å². The van der Waals surface area contributed by atoms with Gasteiger partial charge >= 0.3 is 0 Å². The summed E-state index contributed by atoms with van der Waals surface area (Å²) in [7, 11) is 3.50. The maximum absolute atomic E-state index is 5.16. The molecule has 0 fully saturated rings. The Morgan fingerprint density at radius 1 is 1.20 bits per heavy atom. The summed E-state index contributed by atoms with van der Waals surface area (Å²) in [4.78, 5) is 3.78. The van der Waals surface area contributed by atoms with Crippen molar-refractivity contribution in [3.8, 4) is 0 Å². The lowest BCUT2D eigenvalue weighted by atomic mass is 10.3. The zero-order valence-electron chi connectivity index (χ0n) is 12.4. The summed E-state index contributed by atoms with van der Waals surface area (Å²) < 4.78 is 11.4. The predicted molar refractivity (Wildman–Crippen MR) is 88.5 cm³/mol. The van der Waals surface area contributed by atoms with Crippen molar-refractivity contribution in [2.24, 2.45) is 0 Å². The fourth-order valence-electron chi connectivity index (χ4n) is 1.88. The van der Waals surface area contributed by atoms with Crippen LogP contribution in [-0.4, -0.2) is 58.5 Å². The number of nitrogens with zero attached hydrogens (tertiary/aromatic N) is 1. The molecule has 20 heavy (non-hydrogen) atoms. The standard InChI is InChI=1S/C14H25BrN2O2S/c1-18-8-3-5-17(7-9-19-2)6-4-16-11-14-10-13(15)12-20-14/h10,12,16H,3-9,11H2,1-2H3. The van der Waals surface area contributed by atoms with Crippen LogP contribution in [-0.2, 0) is 16.0 Å². The fourth-order valence-corrected chi connectivity index (χ4v) is 3.30. The van der Waals surface area contributed by atoms with E-state index in [1.54, 1.807) is 25.6 Å². The number of hydrogen-bond acceptors (Lipinski definition) is 5. The van der Waals surface area contributed by atoms with Crippen molar-refractivity contribution in [3.05, 3.63) is 20.8 Å². The van der Waals surface area contributed by atoms with Gasteiger partial charge in [-0.05, 0) is 28.4 Å². The number of hydrogen-bond donors (Lipinski definition) is 1. The van der Waals surface area contributed by atoms with E-state index >= 15 is 0 Å². The van der Waals surface area contributed by atoms with Gasteiger partial charge in [0.1, 0.15) is 0 Å². The number of halogens is 1. The molecule has 1 rings (SSSR count). The molecule has 0 saturated carbocycles. The SMILES string of the molecule is COCCCN(CCNCc1cc(Br)cs1)CCOC. The number of methoxy groups -OCH3 is 2. The Morgan fingerprint density at radius 3 is 2.65 bits per heavy atom. The van der Waals surface area contributed by atoms with Crippen molar-refractivity contribution in [2.75, 3.05) is 53.6 Å². The van der Waals surface area contributed by atoms with Crippen LogP contribution >= 0.6 is 27.3 Å². The van der Waals surface area contributed by atoms with Crippen molar-refractivity contribution in [2.45, 2.75) is 13.0 Å². The van der Waals surface area contributed by atoms with Crippen LogP contribution in [0.3, 0.4) is 0 Å². The van der Waals surface area contributed by atoms with E-state index in [0.717, 1.165) is 52.4 Å². The largest absolute Gasteiger partial charge is 0.385 e. The van der Waals surface area contributed by atoms with Crippen LogP contribution in [0.4, 0.5) is 0 Å². The molecule has 0 radical (unpaired) electrons. The second kappa shape index (κ2) is 11.7. The number of thiophene rings is 1. The minimum Gasteiger partial charge on any atom is -0.385 e. The summed E-state index contributed by atoms with van der Waals surface area (Å²) in [5, 5.41) is 5.61. The highest BCUT2D eigenvalue weighted by molar-refractivity contribution is 9.10. The molecule has 0 spiro atoms. The molecule has 1 aromatic heterocycles. The van der Waals surface area contributed by atoms with Gasteiger partial charge in [-0.25, -0.2) is 0 Å². The molecule has 0 aliphatic heterocycles. The summed E-state index contributed by atoms with van der Waals surface area (Å²) in [5.74, 6) is 0. The van der Waals surface area contributed by atoms with Crippen molar-refractivity contribution < 1.29 is 9.47 Å². The molecule has 4 nitrogen and oxygen atoms in total. The molecule has 1 N–H and O–H groups in total. The van der Waals surface area contributed by atoms with Crippen LogP contribution in [0, 0.1) is 0 Å². The van der Waals surface area contributed by atoms with Crippen molar-refractivity contribution in [1.29, 1.82) is 0 Å². The molecule has 0 aliphatic rings. The summed E-state index contributed by atoms with van der Waals surface area (Å²) in [6.07, 6.45) is 1.07. The van der Waals surface area contributed by atoms with Crippen LogP contribution in [0.15, 0.2) is 15.9 Å². The maximum Gasteiger partial charge on any atom is 0.0589 e. The first kappa shape index (κ1) is 18.1. The van der Waals surface area contributed by atoms with Gasteiger partial charge in [-0.2, -0.15) is 0 Å². The molecule has 6 heteroatoms. The number of rotatable bonds is 12. The van der Waals surface area contributed by atoms with Crippen LogP contribution in [0.1, 0.15) is 11.3 Å². The fraction of sp³-hybridized carbons (Fsp3) is 0.714. The van der Waals surface area contributed by atoms with Gasteiger partial charge in [0.15, 0.2) is 0 Å². The van der Waals surface area contributed by atoms with E-state index in [9.17, 15) is 0 Å². The normalized spacial score (nSPS) is 11.4. The van der Waals surface area contributed by atoms with Gasteiger partial charge < -0.3 is 14.8 Å². The lowest BCUT2D eigenvalue weighted by Gasteiger charge is -2.21. The van der Waals surface area contributed by atoms with Crippen molar-refractivity contribution in [3.63, 3.8) is 0 Å². The quantitative estimate of drug-likeness (QED) is 0.578. The highest BCUT2D eigenvalue weighted by Gasteiger charge is 2.04. The molecule has 0 saturated heterocycles. The highest BCUT2D eigenvalue weighted by atomic mass is 79.9. The molecule has 1 aromatic rings. The van der Waals surface area contributed by atoms with E-state index in [1.807, 2.05) is 0 Å². The molecule has 1 heterocycles. The zero-order valence-corrected chi connectivity index (χ0v) is 14.8. The van der Waals surface area contributed by atoms with Crippen molar-refractivity contribution >= 4 is 27.3 Å². The maximum atomic E-state index is 5.16. The van der Waals surface area contributed by atoms with Crippen LogP contribution in [0.2, 0.25) is 0 Å². The monoisotopic (exact) mass is 364 g/mol. The third-order valence-electron chi connectivity index (χ3n) is 2.96. The summed E-state index contributed by atoms with van der Waals surface area (Å²) in [6, 6.07) is 2.17. The number of ether oxygens (including phenoxy) is 2. The molecule has 0 unspecified atom stereocenters. The lowest BCUT2D eigenvalue weighted by Crippen LogP contribution is -2.35. The van der Waals surface area contributed by atoms with Gasteiger partial charge in [0.2, 0.25) is 0 Å². The number of nitrogens with one attached hydrogen (secondary N) is 1. The molecule has 0 amide bonds. The Labute approximate surface area is 134 Å². The summed E-state index contributed by atoms with van der Waals surface area (Å²) >= 11 is 5.26. The van der Waals surface area contributed by atoms with Crippen LogP contribution in [0.5, 0.6) is 0 Å². The van der Waals surface area contributed by atoms with Gasteiger partial charge in [-0.15, -0.1) is 11.3 Å². The minimum atomic E-state index is 0.783. The Balaban J connectivity index is 2.15. The Morgan fingerprint density at radius 2 is 2.00 bits per heavy atom. The van der Waals surface area contributed by atoms with Gasteiger partial charge in [-0.3, -0.25) is 4.90 Å². The van der Waals surface area contributed by atoms with Gasteiger partial charge in [0.05, 0.1) is 6.61 Å². The molecule has 116 valence electrons. The molecular formula is C14H25BrN2O2S. The van der Waals surface area contributed by atoms with Crippen LogP contribution in [0.25, 0.3) is 0 Å². The van der Waals surface area contributed by atoms with Crippen LogP contribution < -0.4 is 5.32 Å². The highest BCUT2D eigenvalue weighted by Crippen LogP contribution is 2.19. The van der Waals surface area contributed by atoms with E-state index < -0.39 is 0 Å². The Bertz CT molecular complexity index is 350. The summed E-state index contributed by atoms with van der Waals surface area (Å²) in [5.41, 5.74) is 0. The average molecular weight is 365 g/mol. The smallest absolute Gasteiger partial charge is 0.0589 e. The second-order valence-electron chi connectivity index (χ2n) is 4.59. The first-order chi connectivity index (χ1) is 9.76. The molecule has 0 aromatic carbocycles. The lowest BCUT2D eigenvalue weighted by molar-refractivity contribution is 0.133. The molecule has 0 bridgehead atoms. The average Bonchev–Trinajstić information content (AvgIpc) is 2.86.